The van der Waals surface area contributed by atoms with E-state index in [1.807, 2.05) is 25.6 Å². The fraction of sp³-hybridized carbons (Fsp3) is 0.733. The highest BCUT2D eigenvalue weighted by Crippen LogP contribution is 2.21. The van der Waals surface area contributed by atoms with Gasteiger partial charge in [-0.2, -0.15) is 11.8 Å². The minimum atomic E-state index is 0.397. The molecule has 0 fully saturated rings. The van der Waals surface area contributed by atoms with Crippen LogP contribution in [0, 0.1) is 13.8 Å². The molecule has 0 aliphatic rings. The standard InChI is InChI=1S/C15H27NOS/c1-12-11-15(14(3)17-12)13(2)16-9-7-5-6-8-10-18-4/h11,13,16H,5-10H2,1-4H3. The molecule has 0 spiro atoms. The summed E-state index contributed by atoms with van der Waals surface area (Å²) in [7, 11) is 0. The van der Waals surface area contributed by atoms with Crippen molar-refractivity contribution < 1.29 is 4.42 Å². The molecule has 1 N–H and O–H groups in total. The molecule has 1 aromatic rings. The average molecular weight is 269 g/mol. The predicted molar refractivity (Wildman–Crippen MR) is 81.4 cm³/mol. The van der Waals surface area contributed by atoms with Gasteiger partial charge in [0.2, 0.25) is 0 Å². The molecule has 2 nitrogen and oxygen atoms in total. The van der Waals surface area contributed by atoms with E-state index in [9.17, 15) is 0 Å². The molecule has 0 aliphatic heterocycles. The van der Waals surface area contributed by atoms with Crippen molar-refractivity contribution in [3.05, 3.63) is 23.2 Å². The van der Waals surface area contributed by atoms with Crippen LogP contribution in [0.3, 0.4) is 0 Å². The first-order valence-corrected chi connectivity index (χ1v) is 8.33. The maximum Gasteiger partial charge on any atom is 0.105 e. The van der Waals surface area contributed by atoms with E-state index in [1.54, 1.807) is 0 Å². The minimum Gasteiger partial charge on any atom is -0.466 e. The van der Waals surface area contributed by atoms with Crippen LogP contribution in [0.25, 0.3) is 0 Å². The summed E-state index contributed by atoms with van der Waals surface area (Å²) in [5, 5.41) is 3.58. The molecule has 0 aliphatic carbocycles. The number of furan rings is 1. The molecule has 0 aromatic carbocycles. The highest BCUT2D eigenvalue weighted by molar-refractivity contribution is 7.98. The molecule has 0 saturated heterocycles. The van der Waals surface area contributed by atoms with Crippen molar-refractivity contribution in [1.29, 1.82) is 0 Å². The number of unbranched alkanes of at least 4 members (excludes halogenated alkanes) is 3. The van der Waals surface area contributed by atoms with E-state index in [0.717, 1.165) is 18.1 Å². The lowest BCUT2D eigenvalue weighted by Crippen LogP contribution is -2.20. The highest BCUT2D eigenvalue weighted by atomic mass is 32.2. The summed E-state index contributed by atoms with van der Waals surface area (Å²) in [4.78, 5) is 0. The molecule has 0 amide bonds. The highest BCUT2D eigenvalue weighted by Gasteiger charge is 2.11. The zero-order valence-corrected chi connectivity index (χ0v) is 13.0. The molecule has 104 valence electrons. The largest absolute Gasteiger partial charge is 0.466 e. The monoisotopic (exact) mass is 269 g/mol. The second-order valence-corrected chi connectivity index (χ2v) is 5.94. The summed E-state index contributed by atoms with van der Waals surface area (Å²) >= 11 is 1.95. The molecular formula is C15H27NOS. The third-order valence-electron chi connectivity index (χ3n) is 3.27. The zero-order valence-electron chi connectivity index (χ0n) is 12.2. The Bertz CT molecular complexity index is 335. The van der Waals surface area contributed by atoms with Crippen molar-refractivity contribution in [3.8, 4) is 0 Å². The van der Waals surface area contributed by atoms with Crippen LogP contribution in [0.5, 0.6) is 0 Å². The average Bonchev–Trinajstić information content (AvgIpc) is 2.67. The van der Waals surface area contributed by atoms with Crippen LogP contribution in [0.4, 0.5) is 0 Å². The second kappa shape index (κ2) is 8.65. The summed E-state index contributed by atoms with van der Waals surface area (Å²) < 4.78 is 5.57. The first-order chi connectivity index (χ1) is 8.65. The number of hydrogen-bond acceptors (Lipinski definition) is 3. The SMILES string of the molecule is CSCCCCCCNC(C)c1cc(C)oc1C. The van der Waals surface area contributed by atoms with Crippen molar-refractivity contribution in [2.24, 2.45) is 0 Å². The van der Waals surface area contributed by atoms with Crippen LogP contribution in [0.15, 0.2) is 10.5 Å². The molecule has 1 aromatic heterocycles. The quantitative estimate of drug-likeness (QED) is 0.670. The Morgan fingerprint density at radius 2 is 1.94 bits per heavy atom. The molecule has 1 rings (SSSR count). The molecular weight excluding hydrogens is 242 g/mol. The van der Waals surface area contributed by atoms with Gasteiger partial charge in [0.25, 0.3) is 0 Å². The normalized spacial score (nSPS) is 12.9. The van der Waals surface area contributed by atoms with Crippen LogP contribution in [0.1, 0.15) is 55.7 Å². The van der Waals surface area contributed by atoms with Gasteiger partial charge in [-0.1, -0.05) is 12.8 Å². The van der Waals surface area contributed by atoms with Gasteiger partial charge >= 0.3 is 0 Å². The molecule has 1 atom stereocenters. The number of thioether (sulfide) groups is 1. The van der Waals surface area contributed by atoms with Gasteiger partial charge in [0.1, 0.15) is 11.5 Å². The number of rotatable bonds is 9. The van der Waals surface area contributed by atoms with E-state index in [0.29, 0.717) is 6.04 Å². The van der Waals surface area contributed by atoms with Crippen LogP contribution in [-0.2, 0) is 0 Å². The Hall–Kier alpha value is -0.410. The Labute approximate surface area is 116 Å². The van der Waals surface area contributed by atoms with Gasteiger partial charge in [0.15, 0.2) is 0 Å². The van der Waals surface area contributed by atoms with Gasteiger partial charge in [-0.05, 0) is 58.2 Å². The van der Waals surface area contributed by atoms with Crippen LogP contribution < -0.4 is 5.32 Å². The smallest absolute Gasteiger partial charge is 0.105 e. The van der Waals surface area contributed by atoms with Crippen molar-refractivity contribution in [2.45, 2.75) is 52.5 Å². The second-order valence-electron chi connectivity index (χ2n) is 4.95. The molecule has 1 heterocycles. The van der Waals surface area contributed by atoms with E-state index in [4.69, 9.17) is 4.42 Å². The lowest BCUT2D eigenvalue weighted by Gasteiger charge is -2.12. The summed E-state index contributed by atoms with van der Waals surface area (Å²) in [6, 6.07) is 2.54. The van der Waals surface area contributed by atoms with Crippen molar-refractivity contribution in [3.63, 3.8) is 0 Å². The Kier molecular flexibility index (Phi) is 7.52. The van der Waals surface area contributed by atoms with Crippen LogP contribution in [0.2, 0.25) is 0 Å². The van der Waals surface area contributed by atoms with Gasteiger partial charge in [-0.25, -0.2) is 0 Å². The van der Waals surface area contributed by atoms with E-state index >= 15 is 0 Å². The van der Waals surface area contributed by atoms with Crippen molar-refractivity contribution >= 4 is 11.8 Å². The summed E-state index contributed by atoms with van der Waals surface area (Å²) in [6.07, 6.45) is 7.51. The lowest BCUT2D eigenvalue weighted by molar-refractivity contribution is 0.486. The van der Waals surface area contributed by atoms with E-state index in [1.165, 1.54) is 37.0 Å². The predicted octanol–water partition coefficient (Wildman–Crippen LogP) is 4.47. The molecule has 1 unspecified atom stereocenters. The first kappa shape index (κ1) is 15.6. The molecule has 3 heteroatoms. The molecule has 0 saturated carbocycles. The van der Waals surface area contributed by atoms with Crippen LogP contribution in [-0.4, -0.2) is 18.6 Å². The maximum absolute atomic E-state index is 5.57. The van der Waals surface area contributed by atoms with Gasteiger partial charge in [0.05, 0.1) is 0 Å². The van der Waals surface area contributed by atoms with Gasteiger partial charge in [0, 0.05) is 11.6 Å². The van der Waals surface area contributed by atoms with Gasteiger partial charge in [-0.3, -0.25) is 0 Å². The Balaban J connectivity index is 2.14. The van der Waals surface area contributed by atoms with Crippen molar-refractivity contribution in [2.75, 3.05) is 18.6 Å². The maximum atomic E-state index is 5.57. The lowest BCUT2D eigenvalue weighted by atomic mass is 10.1. The topological polar surface area (TPSA) is 25.2 Å². The molecule has 0 bridgehead atoms. The van der Waals surface area contributed by atoms with Gasteiger partial charge in [-0.15, -0.1) is 0 Å². The summed E-state index contributed by atoms with van der Waals surface area (Å²) in [6.45, 7) is 7.37. The third-order valence-corrected chi connectivity index (χ3v) is 3.97. The van der Waals surface area contributed by atoms with E-state index < -0.39 is 0 Å². The fourth-order valence-electron chi connectivity index (χ4n) is 2.23. The number of aryl methyl sites for hydroxylation is 2. The number of nitrogens with one attached hydrogen (secondary N) is 1. The van der Waals surface area contributed by atoms with Crippen molar-refractivity contribution in [1.82, 2.24) is 5.32 Å². The molecule has 0 radical (unpaired) electrons. The Morgan fingerprint density at radius 1 is 1.22 bits per heavy atom. The summed E-state index contributed by atoms with van der Waals surface area (Å²) in [5.74, 6) is 3.36. The first-order valence-electron chi connectivity index (χ1n) is 6.94. The summed E-state index contributed by atoms with van der Waals surface area (Å²) in [5.41, 5.74) is 1.30. The van der Waals surface area contributed by atoms with E-state index in [2.05, 4.69) is 24.6 Å². The van der Waals surface area contributed by atoms with Gasteiger partial charge < -0.3 is 9.73 Å². The zero-order chi connectivity index (χ0) is 13.4. The number of hydrogen-bond donors (Lipinski definition) is 1. The van der Waals surface area contributed by atoms with E-state index in [-0.39, 0.29) is 0 Å². The minimum absolute atomic E-state index is 0.397. The van der Waals surface area contributed by atoms with Crippen LogP contribution >= 0.6 is 11.8 Å². The Morgan fingerprint density at radius 3 is 2.56 bits per heavy atom. The fourth-order valence-corrected chi connectivity index (χ4v) is 2.73. The third kappa shape index (κ3) is 5.49. The molecule has 18 heavy (non-hydrogen) atoms.